The molecule has 1 unspecified atom stereocenters. The van der Waals surface area contributed by atoms with E-state index in [1.54, 1.807) is 0 Å². The lowest BCUT2D eigenvalue weighted by Gasteiger charge is -2.51. The molecular formula is C71H52N2O. The zero-order valence-corrected chi connectivity index (χ0v) is 41.2. The summed E-state index contributed by atoms with van der Waals surface area (Å²) in [5.41, 5.74) is 29.6. The molecule has 0 aromatic heterocycles. The van der Waals surface area contributed by atoms with Crippen LogP contribution in [0.15, 0.2) is 260 Å². The van der Waals surface area contributed by atoms with Crippen LogP contribution in [0.3, 0.4) is 0 Å². The Kier molecular flexibility index (Phi) is 10.2. The third-order valence-corrected chi connectivity index (χ3v) is 16.2. The second kappa shape index (κ2) is 17.3. The molecule has 3 nitrogen and oxygen atoms in total. The standard InChI is InChI=1S/C71H52N2O/c1-46-36-37-53(51-21-15-20-50(43-51)52-22-16-23-54(72)44-52)45-66(73-65(42-46)48-18-3-2-4-19-48)49-40-38-47(39-41-49)55-25-17-33-64-69(55)56-24-5-6-26-57(56)70(64)58-27-7-9-29-60(58)71(61-30-10-8-28-59(61)70)62-31-11-13-34-67(62)74-68-35-14-12-32-63(68)71/h2-35,38-46H,36-37,72H2,1H3/b53-45+,65-42-,73-66+. The summed E-state index contributed by atoms with van der Waals surface area (Å²) in [5, 5.41) is 0. The van der Waals surface area contributed by atoms with Crippen molar-refractivity contribution in [1.29, 1.82) is 0 Å². The first-order valence-electron chi connectivity index (χ1n) is 25.9. The number of rotatable bonds is 5. The smallest absolute Gasteiger partial charge is 0.132 e. The van der Waals surface area contributed by atoms with Crippen LogP contribution in [0.4, 0.5) is 5.69 Å². The SMILES string of the molecule is CC1\C=C(c2ccccc2)/N=C(c2ccc(-c3cccc4c3-c3ccccc3C43c4ccccc4C4(c5ccccc5Oc5ccccc54)c4ccccc43)cc2)\C=C(\c2cccc(-c3cccc(N)c3)c2)CC1. The molecule has 2 aliphatic carbocycles. The molecule has 2 N–H and O–H groups in total. The second-order valence-corrected chi connectivity index (χ2v) is 20.3. The summed E-state index contributed by atoms with van der Waals surface area (Å²) in [5.74, 6) is 2.10. The fraction of sp³-hybridized carbons (Fsp3) is 0.0845. The summed E-state index contributed by atoms with van der Waals surface area (Å²) in [6, 6.07) is 88.7. The normalized spacial score (nSPS) is 18.4. The number of nitrogens with zero attached hydrogens (tertiary/aromatic N) is 1. The van der Waals surface area contributed by atoms with Gasteiger partial charge in [0.25, 0.3) is 0 Å². The summed E-state index contributed by atoms with van der Waals surface area (Å²) in [6.07, 6.45) is 6.60. The van der Waals surface area contributed by atoms with Crippen LogP contribution in [-0.4, -0.2) is 5.71 Å². The van der Waals surface area contributed by atoms with Crippen LogP contribution in [0, 0.1) is 5.92 Å². The molecule has 10 aromatic rings. The fourth-order valence-electron chi connectivity index (χ4n) is 13.0. The van der Waals surface area contributed by atoms with E-state index in [9.17, 15) is 0 Å². The van der Waals surface area contributed by atoms with E-state index in [2.05, 4.69) is 250 Å². The minimum atomic E-state index is -0.616. The predicted octanol–water partition coefficient (Wildman–Crippen LogP) is 17.1. The summed E-state index contributed by atoms with van der Waals surface area (Å²) < 4.78 is 6.75. The van der Waals surface area contributed by atoms with Crippen molar-refractivity contribution in [2.75, 3.05) is 5.73 Å². The zero-order chi connectivity index (χ0) is 49.4. The average molecular weight is 949 g/mol. The molecule has 10 aromatic carbocycles. The van der Waals surface area contributed by atoms with Gasteiger partial charge in [-0.05, 0) is 139 Å². The van der Waals surface area contributed by atoms with Gasteiger partial charge < -0.3 is 10.5 Å². The van der Waals surface area contributed by atoms with Crippen LogP contribution in [-0.2, 0) is 10.8 Å². The number of fused-ring (bicyclic) bond motifs is 15. The van der Waals surface area contributed by atoms with E-state index >= 15 is 0 Å². The van der Waals surface area contributed by atoms with Crippen molar-refractivity contribution in [3.8, 4) is 44.9 Å². The van der Waals surface area contributed by atoms with E-state index in [-0.39, 0.29) is 0 Å². The van der Waals surface area contributed by atoms with Gasteiger partial charge >= 0.3 is 0 Å². The Morgan fingerprint density at radius 3 is 1.57 bits per heavy atom. The first-order chi connectivity index (χ1) is 36.5. The highest BCUT2D eigenvalue weighted by molar-refractivity contribution is 6.14. The highest BCUT2D eigenvalue weighted by Gasteiger charge is 2.58. The van der Waals surface area contributed by atoms with Gasteiger partial charge in [0.15, 0.2) is 0 Å². The Labute approximate surface area is 433 Å². The first-order valence-corrected chi connectivity index (χ1v) is 25.9. The van der Waals surface area contributed by atoms with Crippen LogP contribution in [0.25, 0.3) is 44.7 Å². The number of nitrogen functional groups attached to an aromatic ring is 1. The lowest BCUT2D eigenvalue weighted by Crippen LogP contribution is -2.45. The number of para-hydroxylation sites is 2. The monoisotopic (exact) mass is 948 g/mol. The highest BCUT2D eigenvalue weighted by Crippen LogP contribution is 2.67. The van der Waals surface area contributed by atoms with Gasteiger partial charge in [0.2, 0.25) is 0 Å². The minimum Gasteiger partial charge on any atom is -0.457 e. The highest BCUT2D eigenvalue weighted by atomic mass is 16.5. The van der Waals surface area contributed by atoms with Gasteiger partial charge in [-0.1, -0.05) is 225 Å². The summed E-state index contributed by atoms with van der Waals surface area (Å²) >= 11 is 0. The van der Waals surface area contributed by atoms with Crippen LogP contribution in [0.1, 0.15) is 81.0 Å². The molecule has 2 spiro atoms. The molecular weight excluding hydrogens is 897 g/mol. The van der Waals surface area contributed by atoms with Crippen molar-refractivity contribution in [1.82, 2.24) is 0 Å². The molecule has 0 amide bonds. The Bertz CT molecular complexity index is 3870. The molecule has 3 heteroatoms. The summed E-state index contributed by atoms with van der Waals surface area (Å²) in [6.45, 7) is 2.31. The lowest BCUT2D eigenvalue weighted by atomic mass is 9.51. The van der Waals surface area contributed by atoms with Gasteiger partial charge in [-0.3, -0.25) is 0 Å². The molecule has 14 rings (SSSR count). The fourth-order valence-corrected chi connectivity index (χ4v) is 13.0. The number of allylic oxidation sites excluding steroid dienone is 3. The maximum atomic E-state index is 6.75. The molecule has 1 atom stereocenters. The predicted molar refractivity (Wildman–Crippen MR) is 305 cm³/mol. The number of hydrogen-bond donors (Lipinski definition) is 1. The van der Waals surface area contributed by atoms with Crippen molar-refractivity contribution in [3.63, 3.8) is 0 Å². The third kappa shape index (κ3) is 6.63. The Balaban J connectivity index is 0.941. The number of hydrogen-bond acceptors (Lipinski definition) is 3. The first kappa shape index (κ1) is 43.7. The summed E-state index contributed by atoms with van der Waals surface area (Å²) in [7, 11) is 0. The molecule has 0 saturated carbocycles. The topological polar surface area (TPSA) is 47.6 Å². The Hall–Kier alpha value is -9.05. The van der Waals surface area contributed by atoms with Crippen LogP contribution >= 0.6 is 0 Å². The van der Waals surface area contributed by atoms with E-state index in [1.165, 1.54) is 61.2 Å². The molecule has 0 radical (unpaired) electrons. The quantitative estimate of drug-likeness (QED) is 0.175. The number of aliphatic imine (C=N–C) groups is 1. The maximum Gasteiger partial charge on any atom is 0.132 e. The number of anilines is 1. The van der Waals surface area contributed by atoms with Crippen molar-refractivity contribution in [3.05, 3.63) is 316 Å². The maximum absolute atomic E-state index is 6.75. The molecule has 2 aliphatic heterocycles. The van der Waals surface area contributed by atoms with Crippen LogP contribution in [0.2, 0.25) is 0 Å². The van der Waals surface area contributed by atoms with E-state index in [0.29, 0.717) is 5.92 Å². The molecule has 74 heavy (non-hydrogen) atoms. The van der Waals surface area contributed by atoms with Crippen molar-refractivity contribution >= 4 is 22.7 Å². The lowest BCUT2D eigenvalue weighted by molar-refractivity contribution is 0.429. The van der Waals surface area contributed by atoms with Gasteiger partial charge in [-0.15, -0.1) is 0 Å². The molecule has 0 saturated heterocycles. The van der Waals surface area contributed by atoms with E-state index in [4.69, 9.17) is 15.5 Å². The molecule has 2 heterocycles. The van der Waals surface area contributed by atoms with E-state index < -0.39 is 10.8 Å². The van der Waals surface area contributed by atoms with Gasteiger partial charge in [0.1, 0.15) is 11.5 Å². The van der Waals surface area contributed by atoms with Gasteiger partial charge in [0.05, 0.1) is 22.2 Å². The number of nitrogens with two attached hydrogens (primary N) is 1. The van der Waals surface area contributed by atoms with Crippen LogP contribution < -0.4 is 10.5 Å². The number of ether oxygens (including phenoxy) is 1. The van der Waals surface area contributed by atoms with Gasteiger partial charge in [-0.2, -0.15) is 0 Å². The van der Waals surface area contributed by atoms with Crippen LogP contribution in [0.5, 0.6) is 11.5 Å². The molecule has 352 valence electrons. The minimum absolute atomic E-state index is 0.319. The van der Waals surface area contributed by atoms with E-state index in [1.807, 2.05) is 12.1 Å². The molecule has 0 fully saturated rings. The largest absolute Gasteiger partial charge is 0.457 e. The van der Waals surface area contributed by atoms with Crippen molar-refractivity contribution < 1.29 is 4.74 Å². The van der Waals surface area contributed by atoms with Crippen molar-refractivity contribution in [2.45, 2.75) is 30.6 Å². The number of benzene rings is 10. The molecule has 0 bridgehead atoms. The van der Waals surface area contributed by atoms with E-state index in [0.717, 1.165) is 80.4 Å². The Morgan fingerprint density at radius 2 is 0.905 bits per heavy atom. The second-order valence-electron chi connectivity index (χ2n) is 20.3. The zero-order valence-electron chi connectivity index (χ0n) is 41.2. The summed E-state index contributed by atoms with van der Waals surface area (Å²) in [4.78, 5) is 5.59. The molecule has 4 aliphatic rings. The van der Waals surface area contributed by atoms with Crippen molar-refractivity contribution in [2.24, 2.45) is 10.9 Å². The van der Waals surface area contributed by atoms with Gasteiger partial charge in [-0.25, -0.2) is 4.99 Å². The Morgan fingerprint density at radius 1 is 0.419 bits per heavy atom. The van der Waals surface area contributed by atoms with Gasteiger partial charge in [0, 0.05) is 22.4 Å². The average Bonchev–Trinajstić information content (AvgIpc) is 3.79. The third-order valence-electron chi connectivity index (χ3n) is 16.2.